The number of amides is 1. The second kappa shape index (κ2) is 16.5. The van der Waals surface area contributed by atoms with Crippen molar-refractivity contribution in [1.29, 1.82) is 0 Å². The largest absolute Gasteiger partial charge is 0.491 e. The van der Waals surface area contributed by atoms with E-state index in [1.807, 2.05) is 44.1 Å². The van der Waals surface area contributed by atoms with Gasteiger partial charge in [0.25, 0.3) is 5.91 Å². The zero-order valence-corrected chi connectivity index (χ0v) is 30.3. The van der Waals surface area contributed by atoms with E-state index >= 15 is 0 Å². The quantitative estimate of drug-likeness (QED) is 0.341. The van der Waals surface area contributed by atoms with Gasteiger partial charge < -0.3 is 24.4 Å². The Labute approximate surface area is 289 Å². The van der Waals surface area contributed by atoms with E-state index in [1.54, 1.807) is 6.07 Å². The minimum atomic E-state index is -1.52. The van der Waals surface area contributed by atoms with Gasteiger partial charge in [-0.05, 0) is 112 Å². The lowest BCUT2D eigenvalue weighted by atomic mass is 9.69. The van der Waals surface area contributed by atoms with Crippen molar-refractivity contribution in [3.05, 3.63) is 58.1 Å². The summed E-state index contributed by atoms with van der Waals surface area (Å²) in [6.07, 6.45) is 7.06. The second-order valence-corrected chi connectivity index (χ2v) is 16.2. The van der Waals surface area contributed by atoms with Crippen molar-refractivity contribution >= 4 is 34.2 Å². The van der Waals surface area contributed by atoms with Crippen LogP contribution in [0, 0.1) is 17.8 Å². The highest BCUT2D eigenvalue weighted by Gasteiger charge is 2.40. The Hall–Kier alpha value is -2.17. The van der Waals surface area contributed by atoms with Crippen molar-refractivity contribution in [2.24, 2.45) is 17.8 Å². The molecule has 2 aliphatic heterocycles. The molecular formula is C37H54ClN3O5S. The van der Waals surface area contributed by atoms with Gasteiger partial charge in [-0.3, -0.25) is 9.52 Å². The Morgan fingerprint density at radius 2 is 1.94 bits per heavy atom. The van der Waals surface area contributed by atoms with Crippen molar-refractivity contribution in [2.75, 3.05) is 51.9 Å². The van der Waals surface area contributed by atoms with Crippen molar-refractivity contribution in [3.8, 4) is 5.75 Å². The number of hydrogen-bond acceptors (Lipinski definition) is 7. The minimum Gasteiger partial charge on any atom is -0.491 e. The maximum atomic E-state index is 13.4. The van der Waals surface area contributed by atoms with Gasteiger partial charge in [0, 0.05) is 29.6 Å². The van der Waals surface area contributed by atoms with Crippen LogP contribution in [0.5, 0.6) is 5.75 Å². The summed E-state index contributed by atoms with van der Waals surface area (Å²) in [6, 6.07) is 11.8. The maximum absolute atomic E-state index is 13.4. The Kier molecular flexibility index (Phi) is 12.7. The highest BCUT2D eigenvalue weighted by Crippen LogP contribution is 2.44. The van der Waals surface area contributed by atoms with Crippen LogP contribution in [0.25, 0.3) is 0 Å². The lowest BCUT2D eigenvalue weighted by Crippen LogP contribution is -2.46. The monoisotopic (exact) mass is 687 g/mol. The van der Waals surface area contributed by atoms with E-state index in [0.29, 0.717) is 30.6 Å². The first kappa shape index (κ1) is 36.1. The van der Waals surface area contributed by atoms with Gasteiger partial charge in [0.15, 0.2) is 0 Å². The third-order valence-corrected chi connectivity index (χ3v) is 12.6. The number of nitrogens with one attached hydrogen (secondary N) is 1. The molecule has 1 saturated carbocycles. The van der Waals surface area contributed by atoms with Crippen LogP contribution < -0.4 is 14.4 Å². The molecule has 10 heteroatoms. The topological polar surface area (TPSA) is 91.3 Å². The van der Waals surface area contributed by atoms with Gasteiger partial charge in [-0.15, -0.1) is 0 Å². The van der Waals surface area contributed by atoms with Gasteiger partial charge in [-0.25, -0.2) is 4.21 Å². The molecule has 2 aromatic rings. The van der Waals surface area contributed by atoms with Crippen LogP contribution in [0.3, 0.4) is 0 Å². The molecule has 2 heterocycles. The summed E-state index contributed by atoms with van der Waals surface area (Å²) in [7, 11) is 2.44. The number of hydrogen-bond donors (Lipinski definition) is 2. The number of likely N-dealkylation sites (N-methyl/N-ethyl adjacent to an activating group) is 1. The number of halogens is 1. The van der Waals surface area contributed by atoms with Gasteiger partial charge in [-0.2, -0.15) is 0 Å². The summed E-state index contributed by atoms with van der Waals surface area (Å²) in [5, 5.41) is 10.6. The number of fused-ring (bicyclic) bond motifs is 2. The highest BCUT2D eigenvalue weighted by atomic mass is 35.5. The van der Waals surface area contributed by atoms with E-state index in [0.717, 1.165) is 74.5 Å². The lowest BCUT2D eigenvalue weighted by Gasteiger charge is -2.45. The average Bonchev–Trinajstić information content (AvgIpc) is 3.21. The van der Waals surface area contributed by atoms with Crippen LogP contribution in [0.15, 0.2) is 36.4 Å². The van der Waals surface area contributed by atoms with E-state index in [1.165, 1.54) is 11.1 Å². The normalized spacial score (nSPS) is 29.2. The van der Waals surface area contributed by atoms with Gasteiger partial charge in [0.1, 0.15) is 16.7 Å². The molecule has 2 N–H and O–H groups in total. The number of aliphatic hydroxyl groups is 1. The van der Waals surface area contributed by atoms with E-state index in [9.17, 15) is 14.1 Å². The maximum Gasteiger partial charge on any atom is 0.263 e. The molecule has 47 heavy (non-hydrogen) atoms. The average molecular weight is 688 g/mol. The number of ether oxygens (including phenoxy) is 2. The summed E-state index contributed by atoms with van der Waals surface area (Å²) in [4.78, 5) is 17.9. The number of nitrogens with zero attached hydrogens (tertiary/aromatic N) is 2. The first-order valence-electron chi connectivity index (χ1n) is 17.5. The zero-order chi connectivity index (χ0) is 33.7. The van der Waals surface area contributed by atoms with Gasteiger partial charge in [0.2, 0.25) is 0 Å². The number of aryl methyl sites for hydroxylation is 1. The van der Waals surface area contributed by atoms with Crippen LogP contribution in [-0.2, 0) is 22.1 Å². The van der Waals surface area contributed by atoms with Crippen LogP contribution in [0.2, 0.25) is 5.02 Å². The Balaban J connectivity index is 1.50. The summed E-state index contributed by atoms with van der Waals surface area (Å²) in [5.74, 6) is 1.56. The van der Waals surface area contributed by atoms with Crippen molar-refractivity contribution in [1.82, 2.24) is 9.62 Å². The first-order valence-corrected chi connectivity index (χ1v) is 19.1. The molecule has 5 rings (SSSR count). The van der Waals surface area contributed by atoms with E-state index in [2.05, 4.69) is 35.6 Å². The number of carbonyl (C=O) groups excluding carboxylic acids is 1. The van der Waals surface area contributed by atoms with Crippen LogP contribution in [-0.4, -0.2) is 84.5 Å². The molecule has 0 saturated heterocycles. The Bertz CT molecular complexity index is 1390. The number of carbonyl (C=O) groups is 1. The van der Waals surface area contributed by atoms with E-state index < -0.39 is 11.0 Å². The standard InChI is InChI=1S/C37H54ClN3O5S/c1-6-8-26-17-30(38)13-15-32(26)29-20-41-19-28-11-14-33(28)35(46-23-31(21-42)40(4)5)10-7-9-24(2)25(3)47(44)39-37(43)27-12-16-36(45-22-29)34(41)18-27/h12-13,15-18,24-25,28-29,31,33,35,42H,6-11,14,19-23H2,1-5H3,(H,39,43). The van der Waals surface area contributed by atoms with Gasteiger partial charge in [0.05, 0.1) is 42.9 Å². The minimum absolute atomic E-state index is 0.0515. The molecule has 0 aromatic heterocycles. The second-order valence-electron chi connectivity index (χ2n) is 14.2. The highest BCUT2D eigenvalue weighted by molar-refractivity contribution is 7.84. The number of aliphatic hydroxyl groups excluding tert-OH is 1. The third-order valence-electron chi connectivity index (χ3n) is 10.8. The number of benzene rings is 2. The SMILES string of the molecule is CCCc1cc(Cl)ccc1C1COc2ccc3cc2N(C1)CC1CCC1C(OCC(CO)N(C)C)CCCC(C)C(C)S(=O)NC3=O. The predicted octanol–water partition coefficient (Wildman–Crippen LogP) is 6.21. The molecule has 1 amide bonds. The Morgan fingerprint density at radius 3 is 2.64 bits per heavy atom. The smallest absolute Gasteiger partial charge is 0.263 e. The Morgan fingerprint density at radius 1 is 1.13 bits per heavy atom. The first-order chi connectivity index (χ1) is 22.6. The molecule has 260 valence electrons. The molecule has 3 aliphatic rings. The molecule has 2 bridgehead atoms. The summed E-state index contributed by atoms with van der Waals surface area (Å²) < 4.78 is 29.3. The fourth-order valence-corrected chi connectivity index (χ4v) is 8.64. The summed E-state index contributed by atoms with van der Waals surface area (Å²) in [6.45, 7) is 8.91. The van der Waals surface area contributed by atoms with Crippen molar-refractivity contribution in [3.63, 3.8) is 0 Å². The molecule has 8 unspecified atom stereocenters. The van der Waals surface area contributed by atoms with Gasteiger partial charge >= 0.3 is 0 Å². The fourth-order valence-electron chi connectivity index (χ4n) is 7.40. The lowest BCUT2D eigenvalue weighted by molar-refractivity contribution is -0.0674. The molecule has 8 atom stereocenters. The molecule has 1 fully saturated rings. The van der Waals surface area contributed by atoms with Crippen molar-refractivity contribution < 1.29 is 23.6 Å². The molecule has 8 nitrogen and oxygen atoms in total. The molecule has 0 radical (unpaired) electrons. The van der Waals surface area contributed by atoms with Crippen LogP contribution in [0.4, 0.5) is 5.69 Å². The molecular weight excluding hydrogens is 634 g/mol. The van der Waals surface area contributed by atoms with Crippen molar-refractivity contribution in [2.45, 2.75) is 89.0 Å². The number of anilines is 1. The van der Waals surface area contributed by atoms with Crippen LogP contribution in [0.1, 0.15) is 86.7 Å². The molecule has 0 spiro atoms. The third kappa shape index (κ3) is 8.71. The van der Waals surface area contributed by atoms with Crippen LogP contribution >= 0.6 is 11.6 Å². The molecule has 2 aromatic carbocycles. The fraction of sp³-hybridized carbons (Fsp3) is 0.649. The van der Waals surface area contributed by atoms with E-state index in [4.69, 9.17) is 21.1 Å². The number of rotatable bonds is 8. The van der Waals surface area contributed by atoms with Gasteiger partial charge in [-0.1, -0.05) is 44.4 Å². The summed E-state index contributed by atoms with van der Waals surface area (Å²) in [5.41, 5.74) is 3.91. The predicted molar refractivity (Wildman–Crippen MR) is 191 cm³/mol. The van der Waals surface area contributed by atoms with E-state index in [-0.39, 0.29) is 41.7 Å². The molecule has 1 aliphatic carbocycles. The summed E-state index contributed by atoms with van der Waals surface area (Å²) >= 11 is 6.45. The zero-order valence-electron chi connectivity index (χ0n) is 28.8.